The Morgan fingerprint density at radius 2 is 1.88 bits per heavy atom. The van der Waals surface area contributed by atoms with Crippen molar-refractivity contribution >= 4 is 15.9 Å². The highest BCUT2D eigenvalue weighted by Gasteiger charge is 2.27. The molecule has 0 radical (unpaired) electrons. The lowest BCUT2D eigenvalue weighted by molar-refractivity contribution is 0.0947. The van der Waals surface area contributed by atoms with Gasteiger partial charge >= 0.3 is 0 Å². The third kappa shape index (κ3) is 4.16. The van der Waals surface area contributed by atoms with E-state index in [-0.39, 0.29) is 22.4 Å². The number of carbonyl (C=O) groups excluding carboxylic acids is 1. The van der Waals surface area contributed by atoms with Crippen LogP contribution in [0.1, 0.15) is 48.2 Å². The smallest absolute Gasteiger partial charge is 0.267 e. The maximum Gasteiger partial charge on any atom is 0.267 e. The van der Waals surface area contributed by atoms with Crippen LogP contribution in [0.3, 0.4) is 0 Å². The van der Waals surface area contributed by atoms with Gasteiger partial charge in [0.15, 0.2) is 0 Å². The van der Waals surface area contributed by atoms with E-state index in [2.05, 4.69) is 10.3 Å². The lowest BCUT2D eigenvalue weighted by Crippen LogP contribution is -2.35. The van der Waals surface area contributed by atoms with Gasteiger partial charge in [-0.3, -0.25) is 4.79 Å². The van der Waals surface area contributed by atoms with Crippen LogP contribution < -0.4 is 5.32 Å². The molecule has 0 bridgehead atoms. The first kappa shape index (κ1) is 18.7. The Kier molecular flexibility index (Phi) is 5.78. The second kappa shape index (κ2) is 8.05. The van der Waals surface area contributed by atoms with E-state index >= 15 is 0 Å². The van der Waals surface area contributed by atoms with Crippen LogP contribution in [0.2, 0.25) is 0 Å². The first-order valence-electron chi connectivity index (χ1n) is 9.00. The Hall–Kier alpha value is -2.12. The van der Waals surface area contributed by atoms with Crippen molar-refractivity contribution in [2.24, 2.45) is 0 Å². The fraction of sp³-hybridized carbons (Fsp3) is 0.421. The van der Waals surface area contributed by atoms with Crippen LogP contribution in [0.5, 0.6) is 0 Å². The van der Waals surface area contributed by atoms with Gasteiger partial charge in [0.2, 0.25) is 10.0 Å². The van der Waals surface area contributed by atoms with E-state index in [1.165, 1.54) is 16.6 Å². The molecule has 1 amide bonds. The summed E-state index contributed by atoms with van der Waals surface area (Å²) in [6.07, 6.45) is 4.23. The van der Waals surface area contributed by atoms with Gasteiger partial charge < -0.3 is 10.3 Å². The molecule has 140 valence electrons. The summed E-state index contributed by atoms with van der Waals surface area (Å²) >= 11 is 0. The third-order valence-corrected chi connectivity index (χ3v) is 6.67. The van der Waals surface area contributed by atoms with E-state index in [9.17, 15) is 13.2 Å². The lowest BCUT2D eigenvalue weighted by atomic mass is 10.0. The highest BCUT2D eigenvalue weighted by Crippen LogP contribution is 2.21. The Morgan fingerprint density at radius 1 is 1.19 bits per heavy atom. The van der Waals surface area contributed by atoms with E-state index in [1.807, 2.05) is 37.3 Å². The average molecular weight is 375 g/mol. The van der Waals surface area contributed by atoms with Crippen molar-refractivity contribution in [1.29, 1.82) is 0 Å². The molecule has 0 aliphatic carbocycles. The number of H-pyrrole nitrogens is 1. The average Bonchev–Trinajstić information content (AvgIpc) is 3.18. The van der Waals surface area contributed by atoms with Crippen LogP contribution in [0, 0.1) is 0 Å². The number of nitrogens with one attached hydrogen (secondary N) is 2. The number of carbonyl (C=O) groups is 1. The van der Waals surface area contributed by atoms with Gasteiger partial charge in [-0.2, -0.15) is 4.31 Å². The van der Waals surface area contributed by atoms with E-state index < -0.39 is 10.0 Å². The number of aromatic amines is 1. The normalized spacial score (nSPS) is 17.0. The van der Waals surface area contributed by atoms with Gasteiger partial charge in [-0.25, -0.2) is 8.42 Å². The number of aromatic nitrogens is 1. The van der Waals surface area contributed by atoms with E-state index in [0.29, 0.717) is 19.6 Å². The summed E-state index contributed by atoms with van der Waals surface area (Å²) in [7, 11) is -3.53. The highest BCUT2D eigenvalue weighted by atomic mass is 32.2. The molecule has 7 heteroatoms. The summed E-state index contributed by atoms with van der Waals surface area (Å²) in [6.45, 7) is 3.61. The number of piperidine rings is 1. The van der Waals surface area contributed by atoms with E-state index in [4.69, 9.17) is 0 Å². The largest absolute Gasteiger partial charge is 0.356 e. The van der Waals surface area contributed by atoms with Gasteiger partial charge in [-0.05, 0) is 30.4 Å². The standard InChI is InChI=1S/C19H25N3O3S/c1-15(16-8-4-2-5-9-16)13-21-19(23)18-12-17(14-20-18)26(24,25)22-10-6-3-7-11-22/h2,4-5,8-9,12,14-15,20H,3,6-7,10-11,13H2,1H3,(H,21,23). The molecule has 3 rings (SSSR count). The van der Waals surface area contributed by atoms with Crippen LogP contribution in [-0.4, -0.2) is 43.2 Å². The molecular weight excluding hydrogens is 350 g/mol. The number of benzene rings is 1. The number of sulfonamides is 1. The molecule has 2 heterocycles. The van der Waals surface area contributed by atoms with Crippen LogP contribution in [0.15, 0.2) is 47.5 Å². The maximum absolute atomic E-state index is 12.6. The van der Waals surface area contributed by atoms with Gasteiger partial charge in [0, 0.05) is 25.8 Å². The van der Waals surface area contributed by atoms with Crippen molar-refractivity contribution in [3.63, 3.8) is 0 Å². The molecule has 26 heavy (non-hydrogen) atoms. The second-order valence-electron chi connectivity index (χ2n) is 6.74. The zero-order valence-corrected chi connectivity index (χ0v) is 15.8. The van der Waals surface area contributed by atoms with Gasteiger partial charge in [0.05, 0.1) is 0 Å². The molecule has 1 atom stereocenters. The predicted octanol–water partition coefficient (Wildman–Crippen LogP) is 2.72. The van der Waals surface area contributed by atoms with E-state index in [0.717, 1.165) is 24.8 Å². The number of amides is 1. The highest BCUT2D eigenvalue weighted by molar-refractivity contribution is 7.89. The molecule has 2 N–H and O–H groups in total. The van der Waals surface area contributed by atoms with Gasteiger partial charge in [-0.1, -0.05) is 43.7 Å². The molecule has 6 nitrogen and oxygen atoms in total. The van der Waals surface area contributed by atoms with Gasteiger partial charge in [-0.15, -0.1) is 0 Å². The van der Waals surface area contributed by atoms with Crippen LogP contribution in [0.25, 0.3) is 0 Å². The van der Waals surface area contributed by atoms with Crippen molar-refractivity contribution in [1.82, 2.24) is 14.6 Å². The van der Waals surface area contributed by atoms with Gasteiger partial charge in [0.25, 0.3) is 5.91 Å². The topological polar surface area (TPSA) is 82.3 Å². The van der Waals surface area contributed by atoms with Crippen molar-refractivity contribution in [3.05, 3.63) is 53.9 Å². The number of nitrogens with zero attached hydrogens (tertiary/aromatic N) is 1. The minimum absolute atomic E-state index is 0.153. The minimum Gasteiger partial charge on any atom is -0.356 e. The number of rotatable bonds is 6. The van der Waals surface area contributed by atoms with Crippen LogP contribution in [0.4, 0.5) is 0 Å². The third-order valence-electron chi connectivity index (χ3n) is 4.79. The van der Waals surface area contributed by atoms with Crippen molar-refractivity contribution in [3.8, 4) is 0 Å². The molecule has 1 fully saturated rings. The summed E-state index contributed by atoms with van der Waals surface area (Å²) < 4.78 is 26.8. The Morgan fingerprint density at radius 3 is 2.58 bits per heavy atom. The molecular formula is C19H25N3O3S. The fourth-order valence-corrected chi connectivity index (χ4v) is 4.66. The van der Waals surface area contributed by atoms with Crippen LogP contribution in [-0.2, 0) is 10.0 Å². The molecule has 0 spiro atoms. The summed E-state index contributed by atoms with van der Waals surface area (Å²) in [5.74, 6) is -0.125. The summed E-state index contributed by atoms with van der Waals surface area (Å²) in [6, 6.07) is 11.4. The Bertz CT molecular complexity index is 840. The second-order valence-corrected chi connectivity index (χ2v) is 8.67. The van der Waals surface area contributed by atoms with Crippen molar-refractivity contribution in [2.45, 2.75) is 37.0 Å². The molecule has 1 aliphatic rings. The zero-order valence-electron chi connectivity index (χ0n) is 14.9. The number of hydrogen-bond acceptors (Lipinski definition) is 3. The Labute approximate surface area is 154 Å². The molecule has 1 aliphatic heterocycles. The van der Waals surface area contributed by atoms with Crippen LogP contribution >= 0.6 is 0 Å². The summed E-state index contributed by atoms with van der Waals surface area (Å²) in [5, 5.41) is 2.86. The fourth-order valence-electron chi connectivity index (χ4n) is 3.15. The van der Waals surface area contributed by atoms with Gasteiger partial charge in [0.1, 0.15) is 10.6 Å². The first-order chi connectivity index (χ1) is 12.5. The minimum atomic E-state index is -3.53. The molecule has 2 aromatic rings. The summed E-state index contributed by atoms with van der Waals surface area (Å²) in [5.41, 5.74) is 1.41. The predicted molar refractivity (Wildman–Crippen MR) is 101 cm³/mol. The Balaban J connectivity index is 1.62. The maximum atomic E-state index is 12.6. The molecule has 1 aromatic heterocycles. The summed E-state index contributed by atoms with van der Waals surface area (Å²) in [4.78, 5) is 15.3. The van der Waals surface area contributed by atoms with E-state index in [1.54, 1.807) is 0 Å². The molecule has 1 saturated heterocycles. The first-order valence-corrected chi connectivity index (χ1v) is 10.4. The van der Waals surface area contributed by atoms with Crippen molar-refractivity contribution in [2.75, 3.05) is 19.6 Å². The number of hydrogen-bond donors (Lipinski definition) is 2. The lowest BCUT2D eigenvalue weighted by Gasteiger charge is -2.25. The molecule has 1 unspecified atom stereocenters. The molecule has 1 aromatic carbocycles. The zero-order chi connectivity index (χ0) is 18.6. The monoisotopic (exact) mass is 375 g/mol. The quantitative estimate of drug-likeness (QED) is 0.814. The van der Waals surface area contributed by atoms with Crippen molar-refractivity contribution < 1.29 is 13.2 Å². The molecule has 0 saturated carbocycles. The SMILES string of the molecule is CC(CNC(=O)c1cc(S(=O)(=O)N2CCCCC2)c[nH]1)c1ccccc1.